The molecule has 110 valence electrons. The number of hydrogen-bond donors (Lipinski definition) is 0. The SMILES string of the molecule is CCN(CC)CCCC(C#N)c1cccc2ccccc12. The van der Waals surface area contributed by atoms with Crippen LogP contribution in [0, 0.1) is 11.3 Å². The van der Waals surface area contributed by atoms with E-state index in [1.54, 1.807) is 0 Å². The number of nitrogens with zero attached hydrogens (tertiary/aromatic N) is 2. The molecule has 1 unspecified atom stereocenters. The zero-order chi connectivity index (χ0) is 15.1. The summed E-state index contributed by atoms with van der Waals surface area (Å²) in [5.41, 5.74) is 1.18. The van der Waals surface area contributed by atoms with Crippen molar-refractivity contribution in [2.75, 3.05) is 19.6 Å². The summed E-state index contributed by atoms with van der Waals surface area (Å²) in [6, 6.07) is 17.1. The van der Waals surface area contributed by atoms with Gasteiger partial charge in [0.15, 0.2) is 0 Å². The average Bonchev–Trinajstić information content (AvgIpc) is 2.55. The van der Waals surface area contributed by atoms with E-state index in [0.717, 1.165) is 32.5 Å². The minimum atomic E-state index is -0.00772. The van der Waals surface area contributed by atoms with Crippen LogP contribution in [0.25, 0.3) is 10.8 Å². The zero-order valence-electron chi connectivity index (χ0n) is 13.0. The van der Waals surface area contributed by atoms with E-state index in [1.165, 1.54) is 16.3 Å². The van der Waals surface area contributed by atoms with Gasteiger partial charge in [-0.1, -0.05) is 56.3 Å². The van der Waals surface area contributed by atoms with E-state index in [-0.39, 0.29) is 5.92 Å². The van der Waals surface area contributed by atoms with Gasteiger partial charge in [-0.15, -0.1) is 0 Å². The van der Waals surface area contributed by atoms with E-state index < -0.39 is 0 Å². The number of rotatable bonds is 7. The van der Waals surface area contributed by atoms with Crippen molar-refractivity contribution >= 4 is 10.8 Å². The van der Waals surface area contributed by atoms with Crippen LogP contribution in [-0.2, 0) is 0 Å². The van der Waals surface area contributed by atoms with Crippen LogP contribution in [0.1, 0.15) is 38.2 Å². The monoisotopic (exact) mass is 280 g/mol. The fraction of sp³-hybridized carbons (Fsp3) is 0.421. The zero-order valence-corrected chi connectivity index (χ0v) is 13.0. The lowest BCUT2D eigenvalue weighted by molar-refractivity contribution is 0.295. The third-order valence-electron chi connectivity index (χ3n) is 4.22. The summed E-state index contributed by atoms with van der Waals surface area (Å²) in [4.78, 5) is 2.41. The van der Waals surface area contributed by atoms with Gasteiger partial charge in [-0.25, -0.2) is 0 Å². The van der Waals surface area contributed by atoms with Crippen molar-refractivity contribution < 1.29 is 0 Å². The van der Waals surface area contributed by atoms with Crippen molar-refractivity contribution in [3.63, 3.8) is 0 Å². The Morgan fingerprint density at radius 1 is 1.05 bits per heavy atom. The van der Waals surface area contributed by atoms with Crippen molar-refractivity contribution in [1.29, 1.82) is 5.26 Å². The van der Waals surface area contributed by atoms with E-state index >= 15 is 0 Å². The molecule has 1 atom stereocenters. The topological polar surface area (TPSA) is 27.0 Å². The number of nitriles is 1. The smallest absolute Gasteiger partial charge is 0.0719 e. The molecule has 0 saturated heterocycles. The second kappa shape index (κ2) is 7.81. The van der Waals surface area contributed by atoms with Crippen molar-refractivity contribution in [2.45, 2.75) is 32.6 Å². The lowest BCUT2D eigenvalue weighted by atomic mass is 9.91. The molecule has 2 rings (SSSR count). The third-order valence-corrected chi connectivity index (χ3v) is 4.22. The Morgan fingerprint density at radius 3 is 2.48 bits per heavy atom. The third kappa shape index (κ3) is 3.83. The maximum atomic E-state index is 9.55. The highest BCUT2D eigenvalue weighted by molar-refractivity contribution is 5.86. The molecular weight excluding hydrogens is 256 g/mol. The Labute approximate surface area is 128 Å². The first-order chi connectivity index (χ1) is 10.3. The molecule has 0 aromatic heterocycles. The summed E-state index contributed by atoms with van der Waals surface area (Å²) in [7, 11) is 0. The van der Waals surface area contributed by atoms with Gasteiger partial charge in [0.25, 0.3) is 0 Å². The average molecular weight is 280 g/mol. The van der Waals surface area contributed by atoms with E-state index in [0.29, 0.717) is 0 Å². The molecule has 2 aromatic rings. The first-order valence-corrected chi connectivity index (χ1v) is 7.89. The largest absolute Gasteiger partial charge is 0.304 e. The molecule has 21 heavy (non-hydrogen) atoms. The van der Waals surface area contributed by atoms with Gasteiger partial charge < -0.3 is 4.90 Å². The van der Waals surface area contributed by atoms with Crippen molar-refractivity contribution in [3.05, 3.63) is 48.0 Å². The highest BCUT2D eigenvalue weighted by Gasteiger charge is 2.13. The van der Waals surface area contributed by atoms with E-state index in [1.807, 2.05) is 6.07 Å². The molecule has 2 nitrogen and oxygen atoms in total. The van der Waals surface area contributed by atoms with Crippen LogP contribution in [0.4, 0.5) is 0 Å². The number of hydrogen-bond acceptors (Lipinski definition) is 2. The normalized spacial score (nSPS) is 12.5. The summed E-state index contributed by atoms with van der Waals surface area (Å²) in [5.74, 6) is -0.00772. The first-order valence-electron chi connectivity index (χ1n) is 7.89. The first kappa shape index (κ1) is 15.5. The van der Waals surface area contributed by atoms with Crippen LogP contribution >= 0.6 is 0 Å². The van der Waals surface area contributed by atoms with Crippen LogP contribution in [0.5, 0.6) is 0 Å². The van der Waals surface area contributed by atoms with Crippen LogP contribution in [0.2, 0.25) is 0 Å². The summed E-state index contributed by atoms with van der Waals surface area (Å²) in [5, 5.41) is 12.0. The molecule has 0 bridgehead atoms. The Bertz CT molecular complexity index is 603. The molecule has 0 fully saturated rings. The fourth-order valence-corrected chi connectivity index (χ4v) is 2.90. The highest BCUT2D eigenvalue weighted by Crippen LogP contribution is 2.28. The van der Waals surface area contributed by atoms with Gasteiger partial charge in [-0.3, -0.25) is 0 Å². The van der Waals surface area contributed by atoms with Gasteiger partial charge in [0.2, 0.25) is 0 Å². The van der Waals surface area contributed by atoms with Gasteiger partial charge in [0.1, 0.15) is 0 Å². The maximum Gasteiger partial charge on any atom is 0.0719 e. The molecule has 0 N–H and O–H groups in total. The van der Waals surface area contributed by atoms with Gasteiger partial charge in [-0.05, 0) is 48.8 Å². The minimum Gasteiger partial charge on any atom is -0.304 e. The Morgan fingerprint density at radius 2 is 1.76 bits per heavy atom. The summed E-state index contributed by atoms with van der Waals surface area (Å²) in [6.45, 7) is 7.63. The summed E-state index contributed by atoms with van der Waals surface area (Å²) in [6.07, 6.45) is 2.00. The Hall–Kier alpha value is -1.85. The second-order valence-electron chi connectivity index (χ2n) is 5.42. The lowest BCUT2D eigenvalue weighted by Crippen LogP contribution is -2.24. The summed E-state index contributed by atoms with van der Waals surface area (Å²) >= 11 is 0. The van der Waals surface area contributed by atoms with E-state index in [4.69, 9.17) is 0 Å². The standard InChI is InChI=1S/C19H24N2/c1-3-21(4-2)14-8-11-17(15-20)19-13-7-10-16-9-5-6-12-18(16)19/h5-7,9-10,12-13,17H,3-4,8,11,14H2,1-2H3. The molecule has 0 spiro atoms. The van der Waals surface area contributed by atoms with E-state index in [9.17, 15) is 5.26 Å². The van der Waals surface area contributed by atoms with Crippen LogP contribution < -0.4 is 0 Å². The van der Waals surface area contributed by atoms with E-state index in [2.05, 4.69) is 61.2 Å². The molecule has 0 radical (unpaired) electrons. The van der Waals surface area contributed by atoms with Gasteiger partial charge in [-0.2, -0.15) is 5.26 Å². The summed E-state index contributed by atoms with van der Waals surface area (Å²) < 4.78 is 0. The predicted molar refractivity (Wildman–Crippen MR) is 89.3 cm³/mol. The Kier molecular flexibility index (Phi) is 5.78. The molecule has 0 saturated carbocycles. The molecule has 0 heterocycles. The Balaban J connectivity index is 2.12. The molecule has 0 aliphatic heterocycles. The fourth-order valence-electron chi connectivity index (χ4n) is 2.90. The van der Waals surface area contributed by atoms with Crippen molar-refractivity contribution in [3.8, 4) is 6.07 Å². The van der Waals surface area contributed by atoms with Gasteiger partial charge in [0.05, 0.1) is 12.0 Å². The number of benzene rings is 2. The molecule has 2 aromatic carbocycles. The molecule has 2 heteroatoms. The highest BCUT2D eigenvalue weighted by atomic mass is 15.1. The molecule has 0 amide bonds. The van der Waals surface area contributed by atoms with Crippen LogP contribution in [-0.4, -0.2) is 24.5 Å². The molecule has 0 aliphatic rings. The second-order valence-corrected chi connectivity index (χ2v) is 5.42. The van der Waals surface area contributed by atoms with Gasteiger partial charge >= 0.3 is 0 Å². The maximum absolute atomic E-state index is 9.55. The lowest BCUT2D eigenvalue weighted by Gasteiger charge is -2.19. The van der Waals surface area contributed by atoms with Crippen LogP contribution in [0.3, 0.4) is 0 Å². The minimum absolute atomic E-state index is 0.00772. The van der Waals surface area contributed by atoms with Crippen molar-refractivity contribution in [2.24, 2.45) is 0 Å². The van der Waals surface area contributed by atoms with Gasteiger partial charge in [0, 0.05) is 0 Å². The quantitative estimate of drug-likeness (QED) is 0.743. The molecule has 0 aliphatic carbocycles. The van der Waals surface area contributed by atoms with Crippen LogP contribution in [0.15, 0.2) is 42.5 Å². The van der Waals surface area contributed by atoms with Crippen molar-refractivity contribution in [1.82, 2.24) is 4.90 Å². The predicted octanol–water partition coefficient (Wildman–Crippen LogP) is 4.57. The molecular formula is C19H24N2. The number of fused-ring (bicyclic) bond motifs is 1.